The molecule has 2 nitrogen and oxygen atoms in total. The van der Waals surface area contributed by atoms with Crippen LogP contribution in [0.3, 0.4) is 0 Å². The van der Waals surface area contributed by atoms with E-state index in [-0.39, 0.29) is 0 Å². The van der Waals surface area contributed by atoms with Gasteiger partial charge in [-0.25, -0.2) is 0 Å². The topological polar surface area (TPSA) is 21.3 Å². The lowest BCUT2D eigenvalue weighted by molar-refractivity contribution is 0.0641. The molecule has 0 bridgehead atoms. The molecule has 1 rings (SSSR count). The number of hydrogen-bond acceptors (Lipinski definition) is 2. The van der Waals surface area contributed by atoms with Crippen molar-refractivity contribution in [1.82, 2.24) is 5.32 Å². The zero-order chi connectivity index (χ0) is 9.23. The van der Waals surface area contributed by atoms with Gasteiger partial charge in [0.2, 0.25) is 0 Å². The van der Waals surface area contributed by atoms with Crippen molar-refractivity contribution >= 4 is 0 Å². The minimum absolute atomic E-state index is 0.918. The van der Waals surface area contributed by atoms with Gasteiger partial charge in [0.1, 0.15) is 0 Å². The zero-order valence-corrected chi connectivity index (χ0v) is 8.73. The molecule has 0 saturated carbocycles. The Labute approximate surface area is 76.7 Å². The predicted molar refractivity (Wildman–Crippen MR) is 53.4 cm³/mol. The molecule has 0 unspecified atom stereocenters. The lowest BCUT2D eigenvalue weighted by atomic mass is 9.97. The minimum Gasteiger partial charge on any atom is -0.381 e. The first-order chi connectivity index (χ1) is 5.93. The van der Waals surface area contributed by atoms with Crippen molar-refractivity contribution in [2.75, 3.05) is 26.8 Å². The van der Waals surface area contributed by atoms with Gasteiger partial charge in [0, 0.05) is 13.2 Å². The smallest absolute Gasteiger partial charge is 0.0468 e. The summed E-state index contributed by atoms with van der Waals surface area (Å²) in [4.78, 5) is 0. The van der Waals surface area contributed by atoms with Crippen LogP contribution in [0.25, 0.3) is 0 Å². The first kappa shape index (κ1) is 11.9. The van der Waals surface area contributed by atoms with E-state index in [2.05, 4.69) is 5.32 Å². The highest BCUT2D eigenvalue weighted by atomic mass is 16.5. The van der Waals surface area contributed by atoms with Crippen LogP contribution in [-0.4, -0.2) is 26.8 Å². The monoisotopic (exact) mass is 173 g/mol. The predicted octanol–water partition coefficient (Wildman–Crippen LogP) is 2.05. The van der Waals surface area contributed by atoms with Crippen LogP contribution in [0.15, 0.2) is 0 Å². The highest BCUT2D eigenvalue weighted by Gasteiger charge is 2.11. The van der Waals surface area contributed by atoms with Crippen molar-refractivity contribution in [2.45, 2.75) is 33.1 Å². The van der Waals surface area contributed by atoms with Crippen molar-refractivity contribution in [1.29, 1.82) is 0 Å². The summed E-state index contributed by atoms with van der Waals surface area (Å²) in [5, 5.41) is 3.17. The molecule has 0 aromatic heterocycles. The molecular formula is C10H23NO. The molecule has 0 aromatic rings. The Morgan fingerprint density at radius 3 is 2.33 bits per heavy atom. The Morgan fingerprint density at radius 2 is 1.83 bits per heavy atom. The molecule has 1 aliphatic heterocycles. The van der Waals surface area contributed by atoms with Gasteiger partial charge in [0.15, 0.2) is 0 Å². The normalized spacial score (nSPS) is 18.2. The highest BCUT2D eigenvalue weighted by Crippen LogP contribution is 2.17. The van der Waals surface area contributed by atoms with Crippen LogP contribution < -0.4 is 5.32 Å². The van der Waals surface area contributed by atoms with Gasteiger partial charge in [-0.15, -0.1) is 0 Å². The molecule has 1 N–H and O–H groups in total. The van der Waals surface area contributed by atoms with E-state index in [9.17, 15) is 0 Å². The fourth-order valence-electron chi connectivity index (χ4n) is 1.38. The Kier molecular flexibility index (Phi) is 8.95. The highest BCUT2D eigenvalue weighted by molar-refractivity contribution is 4.63. The molecule has 1 heterocycles. The average Bonchev–Trinajstić information content (AvgIpc) is 2.19. The molecule has 12 heavy (non-hydrogen) atoms. The largest absolute Gasteiger partial charge is 0.381 e. The fraction of sp³-hybridized carbons (Fsp3) is 1.00. The molecule has 0 amide bonds. The van der Waals surface area contributed by atoms with Gasteiger partial charge < -0.3 is 10.1 Å². The van der Waals surface area contributed by atoms with E-state index < -0.39 is 0 Å². The molecule has 1 fully saturated rings. The van der Waals surface area contributed by atoms with Gasteiger partial charge in [-0.05, 0) is 38.8 Å². The lowest BCUT2D eigenvalue weighted by Gasteiger charge is -2.21. The second-order valence-corrected chi connectivity index (χ2v) is 2.95. The van der Waals surface area contributed by atoms with Crippen LogP contribution in [0.4, 0.5) is 0 Å². The van der Waals surface area contributed by atoms with E-state index in [1.54, 1.807) is 0 Å². The van der Waals surface area contributed by atoms with Gasteiger partial charge in [0.05, 0.1) is 0 Å². The summed E-state index contributed by atoms with van der Waals surface area (Å²) in [7, 11) is 2.01. The van der Waals surface area contributed by atoms with Gasteiger partial charge in [-0.1, -0.05) is 13.8 Å². The lowest BCUT2D eigenvalue weighted by Crippen LogP contribution is -2.20. The summed E-state index contributed by atoms with van der Waals surface area (Å²) in [6.45, 7) is 7.12. The molecular weight excluding hydrogens is 150 g/mol. The molecule has 1 saturated heterocycles. The number of nitrogens with one attached hydrogen (secondary N) is 1. The SMILES string of the molecule is CC.CNCCC1CCOCC1. The Bertz CT molecular complexity index is 79.9. The third kappa shape index (κ3) is 5.56. The van der Waals surface area contributed by atoms with Gasteiger partial charge in [0.25, 0.3) is 0 Å². The summed E-state index contributed by atoms with van der Waals surface area (Å²) in [6.07, 6.45) is 3.85. The van der Waals surface area contributed by atoms with Gasteiger partial charge in [-0.2, -0.15) is 0 Å². The van der Waals surface area contributed by atoms with E-state index >= 15 is 0 Å². The summed E-state index contributed by atoms with van der Waals surface area (Å²) >= 11 is 0. The van der Waals surface area contributed by atoms with Gasteiger partial charge >= 0.3 is 0 Å². The van der Waals surface area contributed by atoms with Crippen LogP contribution in [-0.2, 0) is 4.74 Å². The van der Waals surface area contributed by atoms with E-state index in [0.29, 0.717) is 0 Å². The Morgan fingerprint density at radius 1 is 1.25 bits per heavy atom. The van der Waals surface area contributed by atoms with E-state index in [4.69, 9.17) is 4.74 Å². The molecule has 0 radical (unpaired) electrons. The summed E-state index contributed by atoms with van der Waals surface area (Å²) in [6, 6.07) is 0. The van der Waals surface area contributed by atoms with Crippen LogP contribution in [0.2, 0.25) is 0 Å². The zero-order valence-electron chi connectivity index (χ0n) is 8.73. The quantitative estimate of drug-likeness (QED) is 0.705. The molecule has 0 atom stereocenters. The van der Waals surface area contributed by atoms with E-state index in [0.717, 1.165) is 25.7 Å². The van der Waals surface area contributed by atoms with E-state index in [1.807, 2.05) is 20.9 Å². The Balaban J connectivity index is 0.000000561. The van der Waals surface area contributed by atoms with Crippen molar-refractivity contribution in [2.24, 2.45) is 5.92 Å². The molecule has 2 heteroatoms. The average molecular weight is 173 g/mol. The van der Waals surface area contributed by atoms with Crippen molar-refractivity contribution in [3.05, 3.63) is 0 Å². The summed E-state index contributed by atoms with van der Waals surface area (Å²) in [5.41, 5.74) is 0. The first-order valence-corrected chi connectivity index (χ1v) is 5.16. The van der Waals surface area contributed by atoms with Crippen molar-refractivity contribution < 1.29 is 4.74 Å². The van der Waals surface area contributed by atoms with Crippen LogP contribution in [0.5, 0.6) is 0 Å². The van der Waals surface area contributed by atoms with Crippen LogP contribution >= 0.6 is 0 Å². The number of rotatable bonds is 3. The summed E-state index contributed by atoms with van der Waals surface area (Å²) in [5.74, 6) is 0.918. The first-order valence-electron chi connectivity index (χ1n) is 5.16. The maximum atomic E-state index is 5.26. The molecule has 0 spiro atoms. The second kappa shape index (κ2) is 9.01. The van der Waals surface area contributed by atoms with Gasteiger partial charge in [-0.3, -0.25) is 0 Å². The van der Waals surface area contributed by atoms with E-state index in [1.165, 1.54) is 19.3 Å². The molecule has 1 aliphatic rings. The third-order valence-electron chi connectivity index (χ3n) is 2.14. The minimum atomic E-state index is 0.918. The van der Waals surface area contributed by atoms with Crippen molar-refractivity contribution in [3.8, 4) is 0 Å². The standard InChI is InChI=1S/C8H17NO.C2H6/c1-9-5-2-8-3-6-10-7-4-8;1-2/h8-9H,2-7H2,1H3;1-2H3. The molecule has 0 aliphatic carbocycles. The fourth-order valence-corrected chi connectivity index (χ4v) is 1.38. The number of hydrogen-bond donors (Lipinski definition) is 1. The third-order valence-corrected chi connectivity index (χ3v) is 2.14. The van der Waals surface area contributed by atoms with Crippen LogP contribution in [0.1, 0.15) is 33.1 Å². The maximum Gasteiger partial charge on any atom is 0.0468 e. The Hall–Kier alpha value is -0.0800. The molecule has 74 valence electrons. The maximum absolute atomic E-state index is 5.26. The second-order valence-electron chi connectivity index (χ2n) is 2.95. The summed E-state index contributed by atoms with van der Waals surface area (Å²) < 4.78 is 5.26. The van der Waals surface area contributed by atoms with Crippen molar-refractivity contribution in [3.63, 3.8) is 0 Å². The molecule has 0 aromatic carbocycles. The number of ether oxygens (including phenoxy) is 1. The van der Waals surface area contributed by atoms with Crippen LogP contribution in [0, 0.1) is 5.92 Å².